The lowest BCUT2D eigenvalue weighted by Crippen LogP contribution is -2.40. The number of rotatable bonds is 9. The second kappa shape index (κ2) is 9.35. The van der Waals surface area contributed by atoms with E-state index >= 15 is 0 Å². The topological polar surface area (TPSA) is 113 Å². The van der Waals surface area contributed by atoms with Gasteiger partial charge in [-0.25, -0.2) is 4.79 Å². The van der Waals surface area contributed by atoms with Crippen LogP contribution in [-0.4, -0.2) is 40.5 Å². The van der Waals surface area contributed by atoms with Gasteiger partial charge in [0.15, 0.2) is 11.2 Å². The number of alkyl halides is 2. The number of ether oxygens (including phenoxy) is 2. The number of imidazole rings is 1. The van der Waals surface area contributed by atoms with Crippen LogP contribution >= 0.6 is 0 Å². The molecule has 12 heteroatoms. The number of hydrogen-bond acceptors (Lipinski definition) is 7. The van der Waals surface area contributed by atoms with Gasteiger partial charge >= 0.3 is 17.8 Å². The van der Waals surface area contributed by atoms with E-state index in [0.29, 0.717) is 25.5 Å². The lowest BCUT2D eigenvalue weighted by Gasteiger charge is -2.14. The third kappa shape index (κ3) is 5.30. The van der Waals surface area contributed by atoms with Crippen LogP contribution in [0.25, 0.3) is 11.2 Å². The highest BCUT2D eigenvalue weighted by Gasteiger charge is 2.40. The summed E-state index contributed by atoms with van der Waals surface area (Å²) in [7, 11) is 1.50. The molecule has 4 aromatic rings. The molecule has 0 radical (unpaired) electrons. The van der Waals surface area contributed by atoms with Crippen molar-refractivity contribution in [3.63, 3.8) is 0 Å². The molecule has 0 unspecified atom stereocenters. The fraction of sp³-hybridized carbons (Fsp3) is 0.385. The Morgan fingerprint density at radius 1 is 1.13 bits per heavy atom. The van der Waals surface area contributed by atoms with Crippen LogP contribution in [0.1, 0.15) is 37.4 Å². The molecule has 1 aromatic carbocycles. The number of fused-ring (bicyclic) bond motifs is 1. The number of pyridine rings is 1. The van der Waals surface area contributed by atoms with E-state index in [1.165, 1.54) is 40.4 Å². The highest BCUT2D eigenvalue weighted by atomic mass is 19.3. The number of hydrogen-bond donors (Lipinski definition) is 1. The quantitative estimate of drug-likeness (QED) is 0.355. The first kappa shape index (κ1) is 25.6. The van der Waals surface area contributed by atoms with Crippen molar-refractivity contribution in [2.24, 2.45) is 7.05 Å². The molecule has 5 rings (SSSR count). The molecule has 0 atom stereocenters. The van der Waals surface area contributed by atoms with Crippen LogP contribution < -0.4 is 20.7 Å². The van der Waals surface area contributed by atoms with E-state index in [0.717, 1.165) is 10.1 Å². The minimum absolute atomic E-state index is 0.0338. The van der Waals surface area contributed by atoms with Crippen molar-refractivity contribution in [2.45, 2.75) is 57.9 Å². The summed E-state index contributed by atoms with van der Waals surface area (Å²) in [4.78, 5) is 35.5. The highest BCUT2D eigenvalue weighted by Crippen LogP contribution is 2.38. The fourth-order valence-corrected chi connectivity index (χ4v) is 4.16. The Kier molecular flexibility index (Phi) is 6.30. The molecule has 3 heterocycles. The van der Waals surface area contributed by atoms with Gasteiger partial charge in [0.2, 0.25) is 0 Å². The van der Waals surface area contributed by atoms with E-state index in [2.05, 4.69) is 14.7 Å². The molecule has 1 aliphatic rings. The molecule has 200 valence electrons. The molecule has 1 N–H and O–H groups in total. The maximum Gasteiger partial charge on any atom is 0.394 e. The first-order chi connectivity index (χ1) is 17.9. The van der Waals surface area contributed by atoms with Crippen LogP contribution in [0.5, 0.6) is 17.5 Å². The van der Waals surface area contributed by atoms with E-state index in [-0.39, 0.29) is 48.2 Å². The van der Waals surface area contributed by atoms with Crippen LogP contribution in [0.3, 0.4) is 0 Å². The van der Waals surface area contributed by atoms with Crippen molar-refractivity contribution in [3.8, 4) is 17.5 Å². The van der Waals surface area contributed by atoms with Crippen molar-refractivity contribution >= 4 is 11.2 Å². The largest absolute Gasteiger partial charge is 0.433 e. The lowest BCUT2D eigenvalue weighted by atomic mass is 10.2. The molecule has 1 saturated carbocycles. The first-order valence-corrected chi connectivity index (χ1v) is 12.1. The van der Waals surface area contributed by atoms with E-state index in [4.69, 9.17) is 4.74 Å². The average molecular weight is 528 g/mol. The minimum atomic E-state index is -3.39. The third-order valence-corrected chi connectivity index (χ3v) is 6.43. The van der Waals surface area contributed by atoms with Gasteiger partial charge in [0, 0.05) is 32.8 Å². The normalized spacial score (nSPS) is 14.6. The molecule has 0 spiro atoms. The van der Waals surface area contributed by atoms with Crippen molar-refractivity contribution in [1.29, 1.82) is 0 Å². The van der Waals surface area contributed by atoms with Crippen LogP contribution in [0.15, 0.2) is 52.2 Å². The number of aryl methyl sites for hydroxylation is 2. The van der Waals surface area contributed by atoms with Crippen molar-refractivity contribution < 1.29 is 23.4 Å². The monoisotopic (exact) mass is 527 g/mol. The Morgan fingerprint density at radius 2 is 1.87 bits per heavy atom. The summed E-state index contributed by atoms with van der Waals surface area (Å²) < 4.78 is 41.2. The second-order valence-corrected chi connectivity index (χ2v) is 9.74. The van der Waals surface area contributed by atoms with E-state index in [9.17, 15) is 23.5 Å². The Labute approximate surface area is 215 Å². The van der Waals surface area contributed by atoms with E-state index < -0.39 is 23.0 Å². The van der Waals surface area contributed by atoms with Gasteiger partial charge < -0.3 is 14.6 Å². The van der Waals surface area contributed by atoms with Gasteiger partial charge in [0.05, 0.1) is 17.8 Å². The summed E-state index contributed by atoms with van der Waals surface area (Å²) in [6, 6.07) is 9.29. The summed E-state index contributed by atoms with van der Waals surface area (Å²) >= 11 is 0. The molecule has 0 saturated heterocycles. The zero-order valence-corrected chi connectivity index (χ0v) is 21.1. The number of nitrogens with zero attached hydrogens (tertiary/aromatic N) is 5. The average Bonchev–Trinajstić information content (AvgIpc) is 3.48. The van der Waals surface area contributed by atoms with Crippen LogP contribution in [-0.2, 0) is 20.1 Å². The molecule has 0 aliphatic heterocycles. The Bertz CT molecular complexity index is 1610. The van der Waals surface area contributed by atoms with Gasteiger partial charge in [0.25, 0.3) is 5.56 Å². The van der Waals surface area contributed by atoms with Crippen LogP contribution in [0, 0.1) is 6.92 Å². The Hall–Kier alpha value is -4.06. The smallest absolute Gasteiger partial charge is 0.394 e. The van der Waals surface area contributed by atoms with Crippen molar-refractivity contribution in [1.82, 2.24) is 23.7 Å². The number of aromatic nitrogens is 5. The lowest BCUT2D eigenvalue weighted by molar-refractivity contribution is -0.159. The molecule has 3 aromatic heterocycles. The van der Waals surface area contributed by atoms with Crippen molar-refractivity contribution in [3.05, 3.63) is 74.7 Å². The maximum atomic E-state index is 13.6. The van der Waals surface area contributed by atoms with Gasteiger partial charge in [-0.3, -0.25) is 23.5 Å². The minimum Gasteiger partial charge on any atom is -0.433 e. The standard InChI is InChI=1S/C26H27F2N5O5/c1-16-7-8-17(29-14-16)15-33-20-21(31(3)24(35)32(22(20)34)12-11-26(36)9-10-26)30-23(33)37-18-5-4-6-19(13-18)38-25(2,27)28/h4-8,13-14,36H,9-12,15H2,1-3H3. The van der Waals surface area contributed by atoms with E-state index in [1.807, 2.05) is 13.0 Å². The molecule has 1 aliphatic carbocycles. The van der Waals surface area contributed by atoms with E-state index in [1.54, 1.807) is 12.3 Å². The number of halogens is 2. The molecule has 1 fully saturated rings. The third-order valence-electron chi connectivity index (χ3n) is 6.43. The number of aliphatic hydroxyl groups is 1. The van der Waals surface area contributed by atoms with Gasteiger partial charge in [-0.05, 0) is 49.9 Å². The summed E-state index contributed by atoms with van der Waals surface area (Å²) in [5.74, 6) is 0.0204. The van der Waals surface area contributed by atoms with Gasteiger partial charge in [-0.1, -0.05) is 12.1 Å². The van der Waals surface area contributed by atoms with Crippen LogP contribution in [0.2, 0.25) is 0 Å². The SMILES string of the molecule is Cc1ccc(Cn2c(Oc3cccc(OC(C)(F)F)c3)nc3c2c(=O)n(CCC2(O)CC2)c(=O)n3C)nc1. The summed E-state index contributed by atoms with van der Waals surface area (Å²) in [6.45, 7) is 2.66. The summed E-state index contributed by atoms with van der Waals surface area (Å²) in [5, 5.41) is 10.3. The second-order valence-electron chi connectivity index (χ2n) is 9.74. The molecular weight excluding hydrogens is 500 g/mol. The molecule has 0 amide bonds. The Morgan fingerprint density at radius 3 is 2.53 bits per heavy atom. The predicted molar refractivity (Wildman–Crippen MR) is 134 cm³/mol. The van der Waals surface area contributed by atoms with Gasteiger partial charge in [-0.2, -0.15) is 13.8 Å². The molecule has 10 nitrogen and oxygen atoms in total. The Balaban J connectivity index is 1.62. The fourth-order valence-electron chi connectivity index (χ4n) is 4.16. The highest BCUT2D eigenvalue weighted by molar-refractivity contribution is 5.72. The van der Waals surface area contributed by atoms with Gasteiger partial charge in [-0.15, -0.1) is 0 Å². The molecular formula is C26H27F2N5O5. The summed E-state index contributed by atoms with van der Waals surface area (Å²) in [5.41, 5.74) is -0.234. The molecule has 38 heavy (non-hydrogen) atoms. The predicted octanol–water partition coefficient (Wildman–Crippen LogP) is 3.35. The number of benzene rings is 1. The molecule has 0 bridgehead atoms. The van der Waals surface area contributed by atoms with Gasteiger partial charge in [0.1, 0.15) is 11.5 Å². The maximum absolute atomic E-state index is 13.6. The van der Waals surface area contributed by atoms with Crippen LogP contribution in [0.4, 0.5) is 8.78 Å². The zero-order chi connectivity index (χ0) is 27.2. The zero-order valence-electron chi connectivity index (χ0n) is 21.1. The first-order valence-electron chi connectivity index (χ1n) is 12.1. The van der Waals surface area contributed by atoms with Crippen molar-refractivity contribution in [2.75, 3.05) is 0 Å². The summed E-state index contributed by atoms with van der Waals surface area (Å²) in [6.07, 6.45) is -0.164.